The van der Waals surface area contributed by atoms with Gasteiger partial charge in [-0.2, -0.15) is 0 Å². The van der Waals surface area contributed by atoms with E-state index in [2.05, 4.69) is 0 Å². The third-order valence-corrected chi connectivity index (χ3v) is 26.2. The first-order valence-electron chi connectivity index (χ1n) is 47.8. The number of hydrogen-bond donors (Lipinski definition) is 0. The molecule has 21 heterocycles. The average Bonchev–Trinajstić information content (AvgIpc) is 0.874. The lowest BCUT2D eigenvalue weighted by molar-refractivity contribution is -0.398. The van der Waals surface area contributed by atoms with Crippen LogP contribution in [0.15, 0.2) is 212 Å². The topological polar surface area (TPSA) is 443 Å². The Bertz CT molecular complexity index is 4330. The van der Waals surface area contributed by atoms with E-state index in [1.807, 2.05) is 0 Å². The highest BCUT2D eigenvalue weighted by atomic mass is 16.8. The molecule has 0 N–H and O–H groups in total. The fourth-order valence-corrected chi connectivity index (χ4v) is 19.3. The van der Waals surface area contributed by atoms with Gasteiger partial charge in [-0.15, -0.1) is 0 Å². The summed E-state index contributed by atoms with van der Waals surface area (Å²) in [6.07, 6.45) is -57.8. The molecule has 14 bridgehead atoms. The predicted molar refractivity (Wildman–Crippen MR) is 503 cm³/mol. The summed E-state index contributed by atoms with van der Waals surface area (Å²) >= 11 is 0. The molecular weight excluding hydrogens is 1930 g/mol. The van der Waals surface area contributed by atoms with Gasteiger partial charge >= 0.3 is 41.8 Å². The first-order valence-corrected chi connectivity index (χ1v) is 47.8. The molecule has 798 valence electrons. The molecule has 42 heteroatoms. The first kappa shape index (κ1) is 111. The third kappa shape index (κ3) is 26.1. The summed E-state index contributed by atoms with van der Waals surface area (Å²) in [7, 11) is 18.5. The molecule has 7 aromatic carbocycles. The smallest absolute Gasteiger partial charge is 0.338 e. The van der Waals surface area contributed by atoms with Crippen LogP contribution in [-0.2, 0) is 166 Å². The molecular formula is C105H126O42. The number of ether oxygens (including phenoxy) is 35. The van der Waals surface area contributed by atoms with Crippen molar-refractivity contribution >= 4 is 41.8 Å². The Morgan fingerprint density at radius 2 is 0.272 bits per heavy atom. The van der Waals surface area contributed by atoms with E-state index in [4.69, 9.17) is 166 Å². The molecule has 28 rings (SSSR count). The van der Waals surface area contributed by atoms with Crippen molar-refractivity contribution in [2.24, 2.45) is 0 Å². The second-order valence-corrected chi connectivity index (χ2v) is 35.2. The molecule has 21 aliphatic heterocycles. The molecule has 21 fully saturated rings. The molecule has 7 aromatic rings. The largest absolute Gasteiger partial charge is 0.453 e. The molecule has 42 nitrogen and oxygen atoms in total. The van der Waals surface area contributed by atoms with Gasteiger partial charge in [-0.3, -0.25) is 0 Å². The zero-order chi connectivity index (χ0) is 104. The predicted octanol–water partition coefficient (Wildman–Crippen LogP) is 6.98. The van der Waals surface area contributed by atoms with Crippen LogP contribution in [0.2, 0.25) is 0 Å². The Balaban J connectivity index is 0.926. The standard InChI is InChI=1S/C105H126O42/c1-113-50-64-71-78(134-92(106)57-36-22-15-23-37-57)85(120-8)99(127-64)142-72-65(51-114-2)129-101(87(122-10)79(72)135-93(107)58-38-24-16-25-39-58)144-74-67(53-116-4)131-103(89(124-12)81(74)137-95(109)60-42-28-18-29-43-60)146-76-69(55-118-6)133-105(91(126-14)83(76)139-97(111)62-46-32-20-33-47-62)147-77-70(56-119-7)132-104(90(125-13)84(77)140-98(112)63-48-34-21-35-49-63)145-75-68(54-117-5)130-102(88(123-11)82(75)138-96(110)61-44-30-19-31-45-61)143-73-66(52-115-3)128-100(141-71)86(121-9)80(73)136-94(108)59-40-26-17-27-41-59/h15-49,64-91,99-105H,50-56H2,1-14H3. The summed E-state index contributed by atoms with van der Waals surface area (Å²) < 4.78 is 236. The summed E-state index contributed by atoms with van der Waals surface area (Å²) in [5, 5.41) is 0. The van der Waals surface area contributed by atoms with Crippen molar-refractivity contribution in [3.05, 3.63) is 251 Å². The zero-order valence-electron chi connectivity index (χ0n) is 83.5. The molecule has 35 unspecified atom stereocenters. The van der Waals surface area contributed by atoms with Crippen LogP contribution in [0.1, 0.15) is 72.5 Å². The van der Waals surface area contributed by atoms with Crippen molar-refractivity contribution in [2.45, 2.75) is 215 Å². The molecule has 0 saturated carbocycles. The third-order valence-electron chi connectivity index (χ3n) is 26.2. The second kappa shape index (κ2) is 53.9. The number of hydrogen-bond acceptors (Lipinski definition) is 42. The van der Waals surface area contributed by atoms with Crippen LogP contribution in [0, 0.1) is 0 Å². The Kier molecular flexibility index (Phi) is 40.7. The normalized spacial score (nSPS) is 34.1. The van der Waals surface area contributed by atoms with Crippen LogP contribution < -0.4 is 0 Å². The van der Waals surface area contributed by atoms with Crippen LogP contribution >= 0.6 is 0 Å². The van der Waals surface area contributed by atoms with Gasteiger partial charge in [-0.05, 0) is 84.9 Å². The van der Waals surface area contributed by atoms with Crippen molar-refractivity contribution in [2.75, 3.05) is 146 Å². The van der Waals surface area contributed by atoms with Gasteiger partial charge in [-0.25, -0.2) is 33.6 Å². The number of rotatable bonds is 35. The Labute approximate surface area is 849 Å². The molecule has 0 spiro atoms. The fraction of sp³-hybridized carbons (Fsp3) is 0.533. The van der Waals surface area contributed by atoms with Gasteiger partial charge < -0.3 is 166 Å². The summed E-state index contributed by atoms with van der Waals surface area (Å²) in [5.74, 6) is -6.47. The van der Waals surface area contributed by atoms with E-state index >= 15 is 33.6 Å². The van der Waals surface area contributed by atoms with Gasteiger partial charge in [0.25, 0.3) is 0 Å². The van der Waals surface area contributed by atoms with Gasteiger partial charge in [-0.1, -0.05) is 127 Å². The molecule has 0 aliphatic carbocycles. The number of carbonyl (C=O) groups is 7. The number of carbonyl (C=O) groups excluding carboxylic acids is 7. The fourth-order valence-electron chi connectivity index (χ4n) is 19.3. The molecule has 35 atom stereocenters. The Morgan fingerprint density at radius 1 is 0.163 bits per heavy atom. The second-order valence-electron chi connectivity index (χ2n) is 35.2. The van der Waals surface area contributed by atoms with E-state index < -0.39 is 303 Å². The lowest BCUT2D eigenvalue weighted by atomic mass is 9.94. The highest BCUT2D eigenvalue weighted by Crippen LogP contribution is 2.46. The molecule has 21 aliphatic rings. The van der Waals surface area contributed by atoms with E-state index in [0.29, 0.717) is 0 Å². The lowest BCUT2D eigenvalue weighted by Gasteiger charge is -2.52. The molecule has 21 saturated heterocycles. The van der Waals surface area contributed by atoms with E-state index in [0.717, 1.165) is 0 Å². The molecule has 0 aromatic heterocycles. The van der Waals surface area contributed by atoms with Crippen molar-refractivity contribution in [1.82, 2.24) is 0 Å². The van der Waals surface area contributed by atoms with Crippen molar-refractivity contribution in [1.29, 1.82) is 0 Å². The number of methoxy groups -OCH3 is 14. The maximum absolute atomic E-state index is 15.3. The minimum atomic E-state index is -1.79. The van der Waals surface area contributed by atoms with Crippen LogP contribution in [0.3, 0.4) is 0 Å². The highest BCUT2D eigenvalue weighted by Gasteiger charge is 2.65. The first-order chi connectivity index (χ1) is 71.7. The number of esters is 7. The van der Waals surface area contributed by atoms with E-state index in [1.165, 1.54) is 184 Å². The monoisotopic (exact) mass is 2060 g/mol. The summed E-state index contributed by atoms with van der Waals surface area (Å²) in [6.45, 7) is -2.95. The van der Waals surface area contributed by atoms with Crippen molar-refractivity contribution < 1.29 is 199 Å². The zero-order valence-corrected chi connectivity index (χ0v) is 83.5. The molecule has 147 heavy (non-hydrogen) atoms. The van der Waals surface area contributed by atoms with Crippen LogP contribution in [0.5, 0.6) is 0 Å². The van der Waals surface area contributed by atoms with Crippen LogP contribution in [-0.4, -0.2) is 403 Å². The maximum atomic E-state index is 15.3. The maximum Gasteiger partial charge on any atom is 0.338 e. The summed E-state index contributed by atoms with van der Waals surface area (Å²) in [4.78, 5) is 107. The van der Waals surface area contributed by atoms with Gasteiger partial charge in [0.05, 0.1) is 85.2 Å². The number of benzene rings is 7. The quantitative estimate of drug-likeness (QED) is 0.0285. The molecule has 0 radical (unpaired) electrons. The lowest BCUT2D eigenvalue weighted by Crippen LogP contribution is -2.70. The summed E-state index contributed by atoms with van der Waals surface area (Å²) in [6, 6.07) is 55.7. The highest BCUT2D eigenvalue weighted by molar-refractivity contribution is 5.93. The van der Waals surface area contributed by atoms with E-state index in [9.17, 15) is 0 Å². The SMILES string of the molecule is COCC1OC2OC3C(COC)OC(OC4C(COC)OC(OC5C(COC)OC(OC6C(COC)OC(OC7C(COC)OC(OC8C(COC)OC(OC1C(OC(=O)c1ccccc1)C2OC)C(OC)C8OC(=O)c1ccccc1)C(OC)C7OC(=O)c1ccccc1)C(OC)C6OC(=O)c1ccccc1)C(OC)C5OC(=O)c1ccccc1)C(OC)C4OC(=O)c1ccccc1)C(OC)C3OC(=O)c1ccccc1. The Hall–Kier alpha value is -10.3. The van der Waals surface area contributed by atoms with Gasteiger partial charge in [0.1, 0.15) is 128 Å². The Morgan fingerprint density at radius 3 is 0.367 bits per heavy atom. The summed E-state index contributed by atoms with van der Waals surface area (Å²) in [5.41, 5.74) is 0.370. The van der Waals surface area contributed by atoms with Gasteiger partial charge in [0, 0.05) is 99.5 Å². The van der Waals surface area contributed by atoms with Gasteiger partial charge in [0.2, 0.25) is 0 Å². The minimum absolute atomic E-state index is 0.0528. The minimum Gasteiger partial charge on any atom is -0.453 e. The van der Waals surface area contributed by atoms with E-state index in [1.54, 1.807) is 127 Å². The molecule has 0 amide bonds. The van der Waals surface area contributed by atoms with Crippen molar-refractivity contribution in [3.63, 3.8) is 0 Å². The van der Waals surface area contributed by atoms with Crippen LogP contribution in [0.25, 0.3) is 0 Å². The van der Waals surface area contributed by atoms with Gasteiger partial charge in [0.15, 0.2) is 86.8 Å². The van der Waals surface area contributed by atoms with E-state index in [-0.39, 0.29) is 38.9 Å². The van der Waals surface area contributed by atoms with Crippen LogP contribution in [0.4, 0.5) is 0 Å². The average molecular weight is 2060 g/mol. The van der Waals surface area contributed by atoms with Crippen molar-refractivity contribution in [3.8, 4) is 0 Å².